The van der Waals surface area contributed by atoms with Gasteiger partial charge in [-0.3, -0.25) is 9.59 Å². The summed E-state index contributed by atoms with van der Waals surface area (Å²) in [6, 6.07) is 0. The Hall–Kier alpha value is -1.71. The maximum absolute atomic E-state index is 17.7. The first-order valence-electron chi connectivity index (χ1n) is 20.2. The SMILES string of the molecule is CCCCCCCCCCCCCCC1OC(CCC)O[C@@]2(CC[C@H]3[C@@H]4C[C@H](F)C5=CC(=O)CC[C@]5(C)[C@@]4(F)[C@@H](O)C[C@@]32C)C(=O)COC1=O. The van der Waals surface area contributed by atoms with Gasteiger partial charge >= 0.3 is 5.97 Å². The fraction of sp³-hybridized carbons (Fsp3) is 0.878. The van der Waals surface area contributed by atoms with E-state index in [1.165, 1.54) is 63.9 Å². The summed E-state index contributed by atoms with van der Waals surface area (Å²) >= 11 is 0. The van der Waals surface area contributed by atoms with Crippen LogP contribution in [0.25, 0.3) is 0 Å². The van der Waals surface area contributed by atoms with Crippen molar-refractivity contribution in [2.24, 2.45) is 22.7 Å². The molecule has 9 heteroatoms. The lowest BCUT2D eigenvalue weighted by molar-refractivity contribution is -0.274. The van der Waals surface area contributed by atoms with Gasteiger partial charge in [0.25, 0.3) is 0 Å². The van der Waals surface area contributed by atoms with Crippen molar-refractivity contribution in [3.05, 3.63) is 11.6 Å². The maximum Gasteiger partial charge on any atom is 0.335 e. The number of alkyl halides is 2. The molecule has 7 nitrogen and oxygen atoms in total. The van der Waals surface area contributed by atoms with E-state index in [4.69, 9.17) is 14.2 Å². The quantitative estimate of drug-likeness (QED) is 0.134. The van der Waals surface area contributed by atoms with Crippen LogP contribution in [0, 0.1) is 22.7 Å². The minimum absolute atomic E-state index is 0.0702. The van der Waals surface area contributed by atoms with Crippen LogP contribution in [0.1, 0.15) is 163 Å². The lowest BCUT2D eigenvalue weighted by Crippen LogP contribution is -2.71. The van der Waals surface area contributed by atoms with Crippen molar-refractivity contribution in [3.8, 4) is 0 Å². The molecule has 1 spiro atoms. The molecule has 0 amide bonds. The number of hydrogen-bond acceptors (Lipinski definition) is 7. The number of Topliss-reactive ketones (excluding diaryl/α,β-unsaturated/α-hetero) is 1. The fourth-order valence-corrected chi connectivity index (χ4v) is 10.8. The molecule has 5 aliphatic rings. The smallest absolute Gasteiger partial charge is 0.335 e. The largest absolute Gasteiger partial charge is 0.456 e. The summed E-state index contributed by atoms with van der Waals surface area (Å²) in [6.45, 7) is 7.26. The normalized spacial score (nSPS) is 40.3. The number of hydrogen-bond donors (Lipinski definition) is 1. The molecule has 2 unspecified atom stereocenters. The van der Waals surface area contributed by atoms with Crippen molar-refractivity contribution in [1.29, 1.82) is 0 Å². The zero-order valence-electron chi connectivity index (χ0n) is 31.3. The Balaban J connectivity index is 1.26. The number of aliphatic hydroxyl groups excluding tert-OH is 1. The maximum atomic E-state index is 17.7. The Labute approximate surface area is 299 Å². The second-order valence-corrected chi connectivity index (χ2v) is 16.8. The van der Waals surface area contributed by atoms with Gasteiger partial charge in [-0.15, -0.1) is 0 Å². The minimum atomic E-state index is -2.16. The number of ether oxygens (including phenoxy) is 3. The van der Waals surface area contributed by atoms with E-state index in [9.17, 15) is 19.5 Å². The molecule has 3 saturated carbocycles. The van der Waals surface area contributed by atoms with Crippen molar-refractivity contribution < 1.29 is 42.5 Å². The highest BCUT2D eigenvalue weighted by Gasteiger charge is 2.76. The van der Waals surface area contributed by atoms with Crippen molar-refractivity contribution >= 4 is 17.5 Å². The van der Waals surface area contributed by atoms with Gasteiger partial charge in [0.05, 0.1) is 6.10 Å². The van der Waals surface area contributed by atoms with E-state index in [2.05, 4.69) is 6.92 Å². The Kier molecular flexibility index (Phi) is 13.1. The minimum Gasteiger partial charge on any atom is -0.456 e. The third-order valence-corrected chi connectivity index (χ3v) is 13.7. The van der Waals surface area contributed by atoms with Gasteiger partial charge < -0.3 is 19.3 Å². The first-order chi connectivity index (χ1) is 23.9. The molecule has 1 heterocycles. The van der Waals surface area contributed by atoms with Crippen molar-refractivity contribution in [2.45, 2.75) is 198 Å². The zero-order chi connectivity index (χ0) is 36.2. The van der Waals surface area contributed by atoms with Gasteiger partial charge in [-0.05, 0) is 62.5 Å². The predicted octanol–water partition coefficient (Wildman–Crippen LogP) is 9.01. The Bertz CT molecular complexity index is 1240. The molecule has 1 N–H and O–H groups in total. The van der Waals surface area contributed by atoms with E-state index >= 15 is 8.78 Å². The molecule has 50 heavy (non-hydrogen) atoms. The first-order valence-corrected chi connectivity index (χ1v) is 20.2. The van der Waals surface area contributed by atoms with Crippen molar-refractivity contribution in [1.82, 2.24) is 0 Å². The molecule has 0 aromatic heterocycles. The van der Waals surface area contributed by atoms with Gasteiger partial charge in [-0.2, -0.15) is 0 Å². The second-order valence-electron chi connectivity index (χ2n) is 16.8. The number of rotatable bonds is 15. The van der Waals surface area contributed by atoms with E-state index in [0.29, 0.717) is 25.7 Å². The zero-order valence-corrected chi connectivity index (χ0v) is 31.3. The number of ketones is 2. The van der Waals surface area contributed by atoms with Gasteiger partial charge in [0.15, 0.2) is 24.8 Å². The highest BCUT2D eigenvalue weighted by molar-refractivity contribution is 5.93. The highest BCUT2D eigenvalue weighted by Crippen LogP contribution is 2.71. The van der Waals surface area contributed by atoms with Crippen LogP contribution in [-0.4, -0.2) is 65.2 Å². The molecule has 4 fully saturated rings. The summed E-state index contributed by atoms with van der Waals surface area (Å²) in [5.41, 5.74) is -5.88. The molecule has 0 aromatic rings. The first kappa shape index (κ1) is 39.5. The summed E-state index contributed by atoms with van der Waals surface area (Å²) in [4.78, 5) is 39.8. The number of fused-ring (bicyclic) bond motifs is 6. The van der Waals surface area contributed by atoms with Crippen LogP contribution in [-0.2, 0) is 28.6 Å². The number of halogens is 2. The Morgan fingerprint density at radius 3 is 2.14 bits per heavy atom. The fourth-order valence-electron chi connectivity index (χ4n) is 10.8. The van der Waals surface area contributed by atoms with Crippen LogP contribution >= 0.6 is 0 Å². The lowest BCUT2D eigenvalue weighted by Gasteiger charge is -2.64. The summed E-state index contributed by atoms with van der Waals surface area (Å²) in [7, 11) is 0. The van der Waals surface area contributed by atoms with E-state index in [-0.39, 0.29) is 43.5 Å². The number of cyclic esters (lactones) is 1. The number of unbranched alkanes of at least 4 members (excludes halogenated alkanes) is 11. The van der Waals surface area contributed by atoms with Crippen molar-refractivity contribution in [3.63, 3.8) is 0 Å². The molecule has 10 atom stereocenters. The lowest BCUT2D eigenvalue weighted by atomic mass is 9.43. The van der Waals surface area contributed by atoms with Crippen LogP contribution in [0.2, 0.25) is 0 Å². The molecular formula is C41H64F2O7. The molecule has 4 aliphatic carbocycles. The van der Waals surface area contributed by atoms with Crippen LogP contribution in [0.5, 0.6) is 0 Å². The highest BCUT2D eigenvalue weighted by atomic mass is 19.1. The molecule has 0 bridgehead atoms. The van der Waals surface area contributed by atoms with Crippen LogP contribution < -0.4 is 0 Å². The van der Waals surface area contributed by atoms with E-state index in [1.807, 2.05) is 13.8 Å². The molecular weight excluding hydrogens is 642 g/mol. The number of aliphatic hydroxyl groups is 1. The molecule has 5 rings (SSSR count). The Morgan fingerprint density at radius 2 is 1.50 bits per heavy atom. The molecule has 1 aliphatic heterocycles. The van der Waals surface area contributed by atoms with E-state index in [0.717, 1.165) is 19.3 Å². The number of allylic oxidation sites excluding steroid dienone is 1. The third-order valence-electron chi connectivity index (χ3n) is 13.7. The summed E-state index contributed by atoms with van der Waals surface area (Å²) in [5, 5.41) is 11.8. The molecule has 0 aromatic carbocycles. The number of carbonyl (C=O) groups is 3. The van der Waals surface area contributed by atoms with E-state index in [1.54, 1.807) is 6.92 Å². The summed E-state index contributed by atoms with van der Waals surface area (Å²) < 4.78 is 52.4. The van der Waals surface area contributed by atoms with Gasteiger partial charge in [0.2, 0.25) is 5.78 Å². The van der Waals surface area contributed by atoms with Gasteiger partial charge in [0.1, 0.15) is 17.4 Å². The molecule has 1 saturated heterocycles. The van der Waals surface area contributed by atoms with Crippen LogP contribution in [0.4, 0.5) is 8.78 Å². The van der Waals surface area contributed by atoms with E-state index < -0.39 is 77.0 Å². The topological polar surface area (TPSA) is 99.1 Å². The van der Waals surface area contributed by atoms with Crippen LogP contribution in [0.15, 0.2) is 11.6 Å². The average molecular weight is 707 g/mol. The monoisotopic (exact) mass is 706 g/mol. The van der Waals surface area contributed by atoms with Crippen LogP contribution in [0.3, 0.4) is 0 Å². The molecule has 284 valence electrons. The second kappa shape index (κ2) is 16.5. The van der Waals surface area contributed by atoms with Crippen molar-refractivity contribution in [2.75, 3.05) is 6.61 Å². The standard InChI is InChI=1S/C41H64F2O7/c1-5-7-8-9-10-11-12-13-14-15-16-17-19-33-37(47)48-27-35(46)40(50-36(49-33)18-6-2)23-21-29-30-25-32(42)31-24-28(44)20-22-38(31,3)41(30,43)34(45)26-39(29,40)4/h24,29-30,32-34,36,45H,5-23,25-27H2,1-4H3/t29-,30-,32-,33?,34-,36?,38-,39-,40-,41-/m0/s1. The average Bonchev–Trinajstić information content (AvgIpc) is 3.38. The van der Waals surface area contributed by atoms with Gasteiger partial charge in [-0.25, -0.2) is 13.6 Å². The summed E-state index contributed by atoms with van der Waals surface area (Å²) in [6.07, 6.45) is 13.2. The predicted molar refractivity (Wildman–Crippen MR) is 188 cm³/mol. The number of carbonyl (C=O) groups excluding carboxylic acids is 3. The number of esters is 1. The Morgan fingerprint density at radius 1 is 0.860 bits per heavy atom. The van der Waals surface area contributed by atoms with Gasteiger partial charge in [-0.1, -0.05) is 111 Å². The molecule has 0 radical (unpaired) electrons. The summed E-state index contributed by atoms with van der Waals surface area (Å²) in [5.74, 6) is -2.54. The van der Waals surface area contributed by atoms with Gasteiger partial charge in [0, 0.05) is 23.2 Å². The third kappa shape index (κ3) is 7.27.